The largest absolute Gasteiger partial charge is 0.309 e. The highest BCUT2D eigenvalue weighted by molar-refractivity contribution is 6.04. The Bertz CT molecular complexity index is 4310. The number of anilines is 6. The maximum Gasteiger partial charge on any atom is 0.241 e. The Labute approximate surface area is 478 Å². The molecule has 13 aromatic rings. The molecule has 8 nitrogen and oxygen atoms in total. The van der Waals surface area contributed by atoms with E-state index >= 15 is 0 Å². The lowest BCUT2D eigenvalue weighted by Crippen LogP contribution is -2.19. The second-order valence-corrected chi connectivity index (χ2v) is 21.2. The van der Waals surface area contributed by atoms with Crippen molar-refractivity contribution in [2.75, 3.05) is 9.80 Å². The summed E-state index contributed by atoms with van der Waals surface area (Å²) in [4.78, 5) is 37.3. The summed E-state index contributed by atoms with van der Waals surface area (Å²) in [6.07, 6.45) is 0. The van der Waals surface area contributed by atoms with E-state index in [-0.39, 0.29) is 0 Å². The lowest BCUT2D eigenvalue weighted by Gasteiger charge is -2.32. The van der Waals surface area contributed by atoms with Crippen molar-refractivity contribution in [3.05, 3.63) is 276 Å². The Morgan fingerprint density at radius 3 is 1.13 bits per heavy atom. The van der Waals surface area contributed by atoms with Gasteiger partial charge in [-0.1, -0.05) is 211 Å². The lowest BCUT2D eigenvalue weighted by molar-refractivity contribution is 0.964. The van der Waals surface area contributed by atoms with Crippen LogP contribution in [0.3, 0.4) is 0 Å². The fourth-order valence-electron chi connectivity index (χ4n) is 11.7. The summed E-state index contributed by atoms with van der Waals surface area (Å²) in [6.45, 7) is 13.2. The Kier molecular flexibility index (Phi) is 13.5. The third-order valence-corrected chi connectivity index (χ3v) is 15.2. The van der Waals surface area contributed by atoms with Gasteiger partial charge in [0.2, 0.25) is 11.9 Å². The third kappa shape index (κ3) is 9.81. The average Bonchev–Trinajstić information content (AvgIpc) is 3.70. The first kappa shape index (κ1) is 51.0. The van der Waals surface area contributed by atoms with Gasteiger partial charge in [-0.25, -0.2) is 14.9 Å². The number of hydrogen-bond donors (Lipinski definition) is 0. The monoisotopic (exact) mass is 1060 g/mol. The van der Waals surface area contributed by atoms with Gasteiger partial charge in [0, 0.05) is 33.5 Å². The van der Waals surface area contributed by atoms with Gasteiger partial charge in [-0.3, -0.25) is 0 Å². The minimum atomic E-state index is 0.328. The molecule has 2 heterocycles. The van der Waals surface area contributed by atoms with Crippen LogP contribution in [0.25, 0.3) is 89.4 Å². The van der Waals surface area contributed by atoms with Crippen molar-refractivity contribution in [3.8, 4) is 67.8 Å². The summed E-state index contributed by atoms with van der Waals surface area (Å²) in [5, 5.41) is 4.37. The van der Waals surface area contributed by atoms with Gasteiger partial charge in [0.15, 0.2) is 23.3 Å². The molecule has 13 rings (SSSR count). The smallest absolute Gasteiger partial charge is 0.241 e. The summed E-state index contributed by atoms with van der Waals surface area (Å²) < 4.78 is 0. The summed E-state index contributed by atoms with van der Waals surface area (Å²) >= 11 is 0. The molecule has 394 valence electrons. The Balaban J connectivity index is 1.10. The molecule has 0 radical (unpaired) electrons. The van der Waals surface area contributed by atoms with Crippen LogP contribution in [0, 0.1) is 41.5 Å². The van der Waals surface area contributed by atoms with Gasteiger partial charge in [0.05, 0.1) is 17.1 Å². The second kappa shape index (κ2) is 21.7. The van der Waals surface area contributed by atoms with Crippen LogP contribution in [0.15, 0.2) is 243 Å². The summed E-state index contributed by atoms with van der Waals surface area (Å²) in [5.74, 6) is 2.64. The molecule has 0 bridgehead atoms. The zero-order valence-corrected chi connectivity index (χ0v) is 46.7. The number of benzene rings is 11. The molecule has 0 spiro atoms. The number of fused-ring (bicyclic) bond motifs is 2. The molecule has 0 saturated carbocycles. The first-order valence-corrected chi connectivity index (χ1v) is 27.8. The van der Waals surface area contributed by atoms with Crippen LogP contribution in [0.4, 0.5) is 34.6 Å². The van der Waals surface area contributed by atoms with E-state index in [2.05, 4.69) is 216 Å². The Hall–Kier alpha value is -10.4. The molecule has 0 saturated heterocycles. The minimum Gasteiger partial charge on any atom is -0.309 e. The van der Waals surface area contributed by atoms with E-state index < -0.39 is 0 Å². The summed E-state index contributed by atoms with van der Waals surface area (Å²) in [6, 6.07) is 84.5. The van der Waals surface area contributed by atoms with Crippen molar-refractivity contribution in [2.24, 2.45) is 0 Å². The maximum atomic E-state index is 5.59. The molecule has 0 N–H and O–H groups in total. The highest BCUT2D eigenvalue weighted by Gasteiger charge is 2.28. The number of nitrogens with zero attached hydrogens (tertiary/aromatic N) is 8. The number of rotatable bonds is 12. The molecule has 0 aliphatic rings. The summed E-state index contributed by atoms with van der Waals surface area (Å²) in [7, 11) is 0. The van der Waals surface area contributed by atoms with Gasteiger partial charge in [-0.2, -0.15) is 19.9 Å². The fraction of sp³-hybridized carbons (Fsp3) is 0.0811. The minimum absolute atomic E-state index is 0.328. The zero-order chi connectivity index (χ0) is 55.8. The molecular weight excluding hydrogens is 1000 g/mol. The van der Waals surface area contributed by atoms with E-state index in [1.807, 2.05) is 77.7 Å². The van der Waals surface area contributed by atoms with Crippen LogP contribution in [-0.4, -0.2) is 29.9 Å². The van der Waals surface area contributed by atoms with Crippen molar-refractivity contribution >= 4 is 56.2 Å². The maximum absolute atomic E-state index is 5.59. The van der Waals surface area contributed by atoms with E-state index in [0.717, 1.165) is 88.8 Å². The second-order valence-electron chi connectivity index (χ2n) is 21.2. The predicted octanol–water partition coefficient (Wildman–Crippen LogP) is 19.2. The van der Waals surface area contributed by atoms with Crippen LogP contribution in [0.2, 0.25) is 0 Å². The van der Waals surface area contributed by atoms with Gasteiger partial charge in [0.25, 0.3) is 0 Å². The molecule has 0 aliphatic carbocycles. The molecule has 82 heavy (non-hydrogen) atoms. The van der Waals surface area contributed by atoms with E-state index in [9.17, 15) is 0 Å². The van der Waals surface area contributed by atoms with E-state index in [1.165, 1.54) is 33.4 Å². The molecule has 0 aliphatic heterocycles. The van der Waals surface area contributed by atoms with Crippen molar-refractivity contribution in [3.63, 3.8) is 0 Å². The molecule has 11 aromatic carbocycles. The fourth-order valence-corrected chi connectivity index (χ4v) is 11.7. The average molecular weight is 1060 g/mol. The van der Waals surface area contributed by atoms with Crippen LogP contribution in [0.5, 0.6) is 0 Å². The highest BCUT2D eigenvalue weighted by atomic mass is 15.4. The Morgan fingerprint density at radius 2 is 0.646 bits per heavy atom. The summed E-state index contributed by atoms with van der Waals surface area (Å²) in [5.41, 5.74) is 18.7. The quantitative estimate of drug-likeness (QED) is 0.120. The molecule has 0 amide bonds. The van der Waals surface area contributed by atoms with Crippen molar-refractivity contribution in [1.29, 1.82) is 0 Å². The van der Waals surface area contributed by atoms with Crippen molar-refractivity contribution in [2.45, 2.75) is 41.5 Å². The number of aromatic nitrogens is 6. The lowest BCUT2D eigenvalue weighted by atomic mass is 9.93. The van der Waals surface area contributed by atoms with Crippen LogP contribution in [-0.2, 0) is 0 Å². The number of aryl methyl sites for hydroxylation is 6. The normalized spacial score (nSPS) is 11.3. The predicted molar refractivity (Wildman–Crippen MR) is 339 cm³/mol. The zero-order valence-electron chi connectivity index (χ0n) is 46.7. The third-order valence-electron chi connectivity index (χ3n) is 15.2. The first-order valence-electron chi connectivity index (χ1n) is 27.8. The van der Waals surface area contributed by atoms with Gasteiger partial charge in [-0.15, -0.1) is 0 Å². The van der Waals surface area contributed by atoms with Crippen LogP contribution in [0.1, 0.15) is 33.4 Å². The topological polar surface area (TPSA) is 83.8 Å². The molecule has 0 atom stereocenters. The van der Waals surface area contributed by atoms with Crippen LogP contribution >= 0.6 is 0 Å². The van der Waals surface area contributed by atoms with Gasteiger partial charge >= 0.3 is 0 Å². The molecule has 2 aromatic heterocycles. The highest BCUT2D eigenvalue weighted by Crippen LogP contribution is 2.46. The molecule has 0 fully saturated rings. The van der Waals surface area contributed by atoms with Crippen molar-refractivity contribution in [1.82, 2.24) is 29.9 Å². The van der Waals surface area contributed by atoms with Gasteiger partial charge < -0.3 is 4.90 Å². The van der Waals surface area contributed by atoms with Gasteiger partial charge in [-0.05, 0) is 144 Å². The Morgan fingerprint density at radius 1 is 0.268 bits per heavy atom. The number of hydrogen-bond acceptors (Lipinski definition) is 8. The van der Waals surface area contributed by atoms with E-state index in [1.54, 1.807) is 0 Å². The van der Waals surface area contributed by atoms with E-state index in [4.69, 9.17) is 29.9 Å². The standard InChI is InChI=1S/C74H58N8/c1-47-41-49(3)67(50(4)42-47)81(68-51(5)43-48(2)44-52(68)6)60-36-38-61(39-37-60)82(73-77-69(56-28-15-9-16-29-56)75-71(79-73)63-40-35-54-25-21-22-34-62(54)66(63)55-26-13-8-14-27-55)74-78-70(57-30-17-10-18-31-57)76-72(80-74)65-46-59-33-20-19-32-58(59)45-64(65)53-23-11-7-12-24-53/h7-46H,1-6H3. The molecule has 0 unspecified atom stereocenters. The SMILES string of the molecule is Cc1cc(C)c(N(c2ccc(N(c3nc(-c4ccccc4)nc(-c4cc5ccccc5cc4-c4ccccc4)n3)c3nc(-c4ccccc4)nc(-c4ccc5ccccc5c4-c4ccccc4)n3)cc2)c2c(C)cc(C)cc2C)c(C)c1. The first-order chi connectivity index (χ1) is 40.1. The molecule has 8 heteroatoms. The van der Waals surface area contributed by atoms with Gasteiger partial charge in [0.1, 0.15) is 0 Å². The molecular formula is C74H58N8. The van der Waals surface area contributed by atoms with E-state index in [0.29, 0.717) is 35.2 Å². The van der Waals surface area contributed by atoms with Crippen molar-refractivity contribution < 1.29 is 0 Å². The van der Waals surface area contributed by atoms with Crippen LogP contribution < -0.4 is 9.80 Å².